The lowest BCUT2D eigenvalue weighted by molar-refractivity contribution is 0.243. The molecule has 0 spiro atoms. The van der Waals surface area contributed by atoms with Crippen molar-refractivity contribution >= 4 is 45.2 Å². The van der Waals surface area contributed by atoms with Crippen LogP contribution in [0.2, 0.25) is 0 Å². The predicted molar refractivity (Wildman–Crippen MR) is 63.2 cm³/mol. The van der Waals surface area contributed by atoms with Crippen LogP contribution >= 0.6 is 45.2 Å². The van der Waals surface area contributed by atoms with Gasteiger partial charge in [-0.2, -0.15) is 0 Å². The van der Waals surface area contributed by atoms with Gasteiger partial charge in [0.25, 0.3) is 0 Å². The Kier molecular flexibility index (Phi) is 3.27. The molecule has 0 saturated carbocycles. The molecule has 1 unspecified atom stereocenters. The van der Waals surface area contributed by atoms with Crippen molar-refractivity contribution in [2.24, 2.45) is 5.73 Å². The van der Waals surface area contributed by atoms with Gasteiger partial charge in [-0.1, -0.05) is 22.6 Å². The number of nitrogens with one attached hydrogen (secondary N) is 1. The van der Waals surface area contributed by atoms with Gasteiger partial charge in [0.15, 0.2) is 0 Å². The summed E-state index contributed by atoms with van der Waals surface area (Å²) in [6.07, 6.45) is 0. The number of hydrogen-bond acceptors (Lipinski definition) is 3. The zero-order chi connectivity index (χ0) is 8.59. The molecule has 3 nitrogen and oxygen atoms in total. The smallest absolute Gasteiger partial charge is 0.119 e. The van der Waals surface area contributed by atoms with Crippen molar-refractivity contribution < 1.29 is 0 Å². The van der Waals surface area contributed by atoms with Crippen LogP contribution in [0.3, 0.4) is 0 Å². The lowest BCUT2D eigenvalue weighted by atomic mass is 10.4. The zero-order valence-electron chi connectivity index (χ0n) is 6.44. The molecule has 64 valence electrons. The van der Waals surface area contributed by atoms with E-state index in [2.05, 4.69) is 69.5 Å². The molecule has 1 atom stereocenters. The van der Waals surface area contributed by atoms with Gasteiger partial charge in [0.1, 0.15) is 7.75 Å². The summed E-state index contributed by atoms with van der Waals surface area (Å²) in [6, 6.07) is 0.459. The second-order valence-electron chi connectivity index (χ2n) is 2.70. The molecule has 1 rings (SSSR count). The molecule has 1 aliphatic heterocycles. The van der Waals surface area contributed by atoms with E-state index < -0.39 is 0 Å². The monoisotopic (exact) mass is 379 g/mol. The van der Waals surface area contributed by atoms with E-state index in [0.717, 1.165) is 9.40 Å². The summed E-state index contributed by atoms with van der Waals surface area (Å²) in [5, 5.41) is 2.09. The maximum Gasteiger partial charge on any atom is 0.119 e. The van der Waals surface area contributed by atoms with E-state index in [1.165, 1.54) is 0 Å². The molecular weight excluding hydrogens is 368 g/mol. The van der Waals surface area contributed by atoms with E-state index in [-0.39, 0.29) is 4.05 Å². The Morgan fingerprint density at radius 3 is 2.36 bits per heavy atom. The van der Waals surface area contributed by atoms with Crippen molar-refractivity contribution in [2.75, 3.05) is 0 Å². The summed E-state index contributed by atoms with van der Waals surface area (Å²) in [5.41, 5.74) is 10.0. The number of halogens is 2. The number of hydrogen-bond donors (Lipinski definition) is 2. The van der Waals surface area contributed by atoms with Crippen molar-refractivity contribution in [3.8, 4) is 0 Å². The summed E-state index contributed by atoms with van der Waals surface area (Å²) in [7, 11) is 0. The van der Waals surface area contributed by atoms with Crippen LogP contribution in [0, 0.1) is 0 Å². The molecule has 0 aromatic heterocycles. The average Bonchev–Trinajstić information content (AvgIpc) is 2.17. The third-order valence-corrected chi connectivity index (χ3v) is 3.58. The minimum Gasteiger partial charge on any atom is -0.398 e. The number of nitrogens with zero attached hydrogens (tertiary/aromatic N) is 1. The van der Waals surface area contributed by atoms with Crippen LogP contribution < -0.4 is 11.2 Å². The fourth-order valence-corrected chi connectivity index (χ4v) is 3.07. The molecule has 3 N–H and O–H groups in total. The molecule has 0 amide bonds. The maximum atomic E-state index is 5.81. The van der Waals surface area contributed by atoms with Gasteiger partial charge in [-0.05, 0) is 36.4 Å². The molecule has 0 bridgehead atoms. The Morgan fingerprint density at radius 2 is 2.18 bits per heavy atom. The standard InChI is InChI=1S/C6H11I2N3/c1-3(2)11-6(8)4(9)5(7)10-11/h3,5,10H,9H2,1-2H3. The first-order valence-electron chi connectivity index (χ1n) is 3.38. The van der Waals surface area contributed by atoms with E-state index in [0.29, 0.717) is 6.04 Å². The lowest BCUT2D eigenvalue weighted by Gasteiger charge is -2.23. The minimum absolute atomic E-state index is 0.252. The Labute approximate surface area is 94.0 Å². The van der Waals surface area contributed by atoms with Crippen LogP contribution in [-0.4, -0.2) is 15.1 Å². The topological polar surface area (TPSA) is 41.3 Å². The molecule has 1 aliphatic rings. The van der Waals surface area contributed by atoms with Crippen LogP contribution in [0.15, 0.2) is 9.40 Å². The van der Waals surface area contributed by atoms with Crippen LogP contribution in [0.4, 0.5) is 0 Å². The fourth-order valence-electron chi connectivity index (χ4n) is 0.868. The minimum atomic E-state index is 0.252. The van der Waals surface area contributed by atoms with Crippen molar-refractivity contribution in [1.29, 1.82) is 0 Å². The van der Waals surface area contributed by atoms with Gasteiger partial charge < -0.3 is 5.73 Å². The SMILES string of the molecule is CC(C)N1NC(I)C(N)=C1I. The summed E-state index contributed by atoms with van der Waals surface area (Å²) < 4.78 is 1.37. The number of rotatable bonds is 1. The second-order valence-corrected chi connectivity index (χ2v) is 4.97. The molecule has 0 fully saturated rings. The first-order chi connectivity index (χ1) is 5.04. The summed E-state index contributed by atoms with van der Waals surface area (Å²) in [4.78, 5) is 0. The Morgan fingerprint density at radius 1 is 1.64 bits per heavy atom. The Bertz CT molecular complexity index is 190. The van der Waals surface area contributed by atoms with Crippen molar-refractivity contribution in [3.63, 3.8) is 0 Å². The van der Waals surface area contributed by atoms with E-state index in [9.17, 15) is 0 Å². The van der Waals surface area contributed by atoms with Gasteiger partial charge >= 0.3 is 0 Å². The number of nitrogens with two attached hydrogens (primary N) is 1. The molecule has 0 radical (unpaired) electrons. The average molecular weight is 379 g/mol. The molecule has 0 saturated heterocycles. The van der Waals surface area contributed by atoms with Crippen LogP contribution in [-0.2, 0) is 0 Å². The van der Waals surface area contributed by atoms with Gasteiger partial charge in [-0.3, -0.25) is 5.01 Å². The summed E-state index contributed by atoms with van der Waals surface area (Å²) in [5.74, 6) is 0. The van der Waals surface area contributed by atoms with E-state index in [1.807, 2.05) is 0 Å². The molecule has 0 aliphatic carbocycles. The molecule has 0 aromatic rings. The highest BCUT2D eigenvalue weighted by molar-refractivity contribution is 14.1. The van der Waals surface area contributed by atoms with Gasteiger partial charge in [0, 0.05) is 6.04 Å². The number of alkyl halides is 1. The zero-order valence-corrected chi connectivity index (χ0v) is 10.8. The first kappa shape index (κ1) is 9.85. The summed E-state index contributed by atoms with van der Waals surface area (Å²) in [6.45, 7) is 4.27. The lowest BCUT2D eigenvalue weighted by Crippen LogP contribution is -2.39. The van der Waals surface area contributed by atoms with Crippen molar-refractivity contribution in [1.82, 2.24) is 10.4 Å². The molecule has 11 heavy (non-hydrogen) atoms. The Hall–Kier alpha value is 0.760. The molecule has 0 aromatic carbocycles. The normalized spacial score (nSPS) is 25.5. The first-order valence-corrected chi connectivity index (χ1v) is 5.71. The molecular formula is C6H11I2N3. The van der Waals surface area contributed by atoms with Crippen LogP contribution in [0.1, 0.15) is 13.8 Å². The van der Waals surface area contributed by atoms with Crippen molar-refractivity contribution in [2.45, 2.75) is 23.9 Å². The van der Waals surface area contributed by atoms with Crippen LogP contribution in [0.5, 0.6) is 0 Å². The van der Waals surface area contributed by atoms with E-state index >= 15 is 0 Å². The Balaban J connectivity index is 2.77. The largest absolute Gasteiger partial charge is 0.398 e. The highest BCUT2D eigenvalue weighted by Crippen LogP contribution is 2.27. The van der Waals surface area contributed by atoms with E-state index in [1.54, 1.807) is 0 Å². The van der Waals surface area contributed by atoms with Crippen molar-refractivity contribution in [3.05, 3.63) is 9.40 Å². The second kappa shape index (κ2) is 3.65. The van der Waals surface area contributed by atoms with E-state index in [4.69, 9.17) is 5.73 Å². The third-order valence-electron chi connectivity index (χ3n) is 1.49. The highest BCUT2D eigenvalue weighted by Gasteiger charge is 2.26. The maximum absolute atomic E-state index is 5.81. The predicted octanol–water partition coefficient (Wildman–Crippen LogP) is 1.54. The van der Waals surface area contributed by atoms with Gasteiger partial charge in [-0.25, -0.2) is 5.43 Å². The summed E-state index contributed by atoms with van der Waals surface area (Å²) >= 11 is 4.55. The highest BCUT2D eigenvalue weighted by atomic mass is 127. The quantitative estimate of drug-likeness (QED) is 0.413. The van der Waals surface area contributed by atoms with Crippen LogP contribution in [0.25, 0.3) is 0 Å². The van der Waals surface area contributed by atoms with Gasteiger partial charge in [-0.15, -0.1) is 0 Å². The number of hydrazine groups is 1. The third kappa shape index (κ3) is 1.92. The van der Waals surface area contributed by atoms with Gasteiger partial charge in [0.05, 0.1) is 5.70 Å². The molecule has 5 heteroatoms. The fraction of sp³-hybridized carbons (Fsp3) is 0.667. The van der Waals surface area contributed by atoms with Gasteiger partial charge in [0.2, 0.25) is 0 Å². The molecule has 1 heterocycles.